The Morgan fingerprint density at radius 3 is 2.30 bits per heavy atom. The number of hydrogen-bond acceptors (Lipinski definition) is 5. The molecule has 0 saturated heterocycles. The molecule has 0 spiro atoms. The minimum atomic E-state index is -1.25. The van der Waals surface area contributed by atoms with Crippen molar-refractivity contribution in [3.8, 4) is 0 Å². The summed E-state index contributed by atoms with van der Waals surface area (Å²) in [4.78, 5) is 32.3. The van der Waals surface area contributed by atoms with Gasteiger partial charge in [0, 0.05) is 17.1 Å². The molecule has 1 aromatic heterocycles. The normalized spacial score (nSPS) is 10.7. The van der Waals surface area contributed by atoms with Gasteiger partial charge in [0.05, 0.1) is 11.2 Å². The van der Waals surface area contributed by atoms with Gasteiger partial charge in [0.25, 0.3) is 5.91 Å². The maximum absolute atomic E-state index is 13.9. The Morgan fingerprint density at radius 2 is 1.58 bits per heavy atom. The topological polar surface area (TPSA) is 96.0 Å². The zero-order valence-electron chi connectivity index (χ0n) is 16.5. The van der Waals surface area contributed by atoms with Gasteiger partial charge in [0.2, 0.25) is 0 Å². The van der Waals surface area contributed by atoms with Gasteiger partial charge in [-0.25, -0.2) is 32.3 Å². The number of fused-ring (bicyclic) bond motifs is 1. The highest BCUT2D eigenvalue weighted by Crippen LogP contribution is 2.26. The molecule has 3 N–H and O–H groups in total. The van der Waals surface area contributed by atoms with E-state index in [0.717, 1.165) is 30.3 Å². The second kappa shape index (κ2) is 8.91. The molecule has 0 bridgehead atoms. The summed E-state index contributed by atoms with van der Waals surface area (Å²) in [7, 11) is 0. The molecule has 7 nitrogen and oxygen atoms in total. The van der Waals surface area contributed by atoms with E-state index in [9.17, 15) is 27.2 Å². The molecule has 0 fully saturated rings. The third-order valence-electron chi connectivity index (χ3n) is 4.50. The lowest BCUT2D eigenvalue weighted by Crippen LogP contribution is -2.35. The first kappa shape index (κ1) is 21.7. The van der Waals surface area contributed by atoms with Crippen molar-refractivity contribution in [1.82, 2.24) is 15.3 Å². The first-order valence-electron chi connectivity index (χ1n) is 9.35. The summed E-state index contributed by atoms with van der Waals surface area (Å²) in [5.41, 5.74) is -0.335. The summed E-state index contributed by atoms with van der Waals surface area (Å²) in [6.07, 6.45) is 1.19. The number of imide groups is 1. The summed E-state index contributed by atoms with van der Waals surface area (Å²) in [6.45, 7) is 0. The molecular formula is C22H13F4N5O2. The van der Waals surface area contributed by atoms with E-state index in [0.29, 0.717) is 10.9 Å². The molecule has 0 atom stereocenters. The molecule has 11 heteroatoms. The first-order chi connectivity index (χ1) is 15.8. The van der Waals surface area contributed by atoms with Crippen molar-refractivity contribution in [2.75, 3.05) is 10.6 Å². The Hall–Kier alpha value is -4.54. The van der Waals surface area contributed by atoms with Crippen molar-refractivity contribution in [1.29, 1.82) is 0 Å². The van der Waals surface area contributed by atoms with Crippen LogP contribution in [0.5, 0.6) is 0 Å². The molecule has 4 rings (SSSR count). The number of urea groups is 1. The Morgan fingerprint density at radius 1 is 0.818 bits per heavy atom. The minimum absolute atomic E-state index is 0.00290. The van der Waals surface area contributed by atoms with Crippen LogP contribution < -0.4 is 16.0 Å². The van der Waals surface area contributed by atoms with E-state index in [2.05, 4.69) is 20.6 Å². The van der Waals surface area contributed by atoms with Gasteiger partial charge in [-0.15, -0.1) is 0 Å². The molecule has 0 aliphatic rings. The number of hydrogen-bond donors (Lipinski definition) is 3. The number of carbonyl (C=O) groups is 2. The number of nitrogens with zero attached hydrogens (tertiary/aromatic N) is 2. The largest absolute Gasteiger partial charge is 0.337 e. The Balaban J connectivity index is 1.51. The van der Waals surface area contributed by atoms with Crippen LogP contribution in [0.25, 0.3) is 10.9 Å². The van der Waals surface area contributed by atoms with Crippen molar-refractivity contribution in [3.63, 3.8) is 0 Å². The fourth-order valence-electron chi connectivity index (χ4n) is 3.00. The van der Waals surface area contributed by atoms with Gasteiger partial charge in [-0.2, -0.15) is 0 Å². The quantitative estimate of drug-likeness (QED) is 0.381. The molecule has 3 aromatic carbocycles. The Bertz CT molecular complexity index is 1380. The average Bonchev–Trinajstić information content (AvgIpc) is 2.75. The van der Waals surface area contributed by atoms with E-state index >= 15 is 0 Å². The molecule has 166 valence electrons. The zero-order valence-corrected chi connectivity index (χ0v) is 16.5. The van der Waals surface area contributed by atoms with Crippen molar-refractivity contribution >= 4 is 40.0 Å². The second-order valence-electron chi connectivity index (χ2n) is 6.71. The number of halogens is 4. The van der Waals surface area contributed by atoms with Crippen molar-refractivity contribution in [2.45, 2.75) is 0 Å². The van der Waals surface area contributed by atoms with Gasteiger partial charge in [-0.1, -0.05) is 6.07 Å². The molecule has 3 amide bonds. The number of anilines is 3. The molecular weight excluding hydrogens is 442 g/mol. The molecule has 0 aliphatic carbocycles. The lowest BCUT2D eigenvalue weighted by molar-refractivity contribution is 0.0959. The van der Waals surface area contributed by atoms with Gasteiger partial charge in [0.15, 0.2) is 0 Å². The highest BCUT2D eigenvalue weighted by atomic mass is 19.1. The van der Waals surface area contributed by atoms with Crippen molar-refractivity contribution < 1.29 is 27.2 Å². The number of nitrogens with one attached hydrogen (secondary N) is 3. The average molecular weight is 455 g/mol. The molecule has 1 heterocycles. The predicted molar refractivity (Wildman–Crippen MR) is 112 cm³/mol. The fourth-order valence-corrected chi connectivity index (χ4v) is 3.00. The van der Waals surface area contributed by atoms with Gasteiger partial charge >= 0.3 is 6.03 Å². The molecule has 0 radical (unpaired) electrons. The Labute approximate surface area is 183 Å². The molecule has 0 saturated carbocycles. The lowest BCUT2D eigenvalue weighted by Gasteiger charge is -2.11. The number of carbonyl (C=O) groups excluding carboxylic acids is 2. The third kappa shape index (κ3) is 4.71. The highest BCUT2D eigenvalue weighted by Gasteiger charge is 2.19. The number of amides is 3. The summed E-state index contributed by atoms with van der Waals surface area (Å²) in [5.74, 6) is -4.78. The maximum Gasteiger partial charge on any atom is 0.326 e. The summed E-state index contributed by atoms with van der Waals surface area (Å²) < 4.78 is 54.5. The smallest absolute Gasteiger partial charge is 0.326 e. The number of benzene rings is 3. The van der Waals surface area contributed by atoms with E-state index in [1.54, 1.807) is 0 Å². The van der Waals surface area contributed by atoms with E-state index in [4.69, 9.17) is 0 Å². The molecule has 0 unspecified atom stereocenters. The summed E-state index contributed by atoms with van der Waals surface area (Å²) in [5, 5.41) is 7.41. The summed E-state index contributed by atoms with van der Waals surface area (Å²) >= 11 is 0. The van der Waals surface area contributed by atoms with Crippen LogP contribution in [-0.4, -0.2) is 21.9 Å². The fraction of sp³-hybridized carbons (Fsp3) is 0. The van der Waals surface area contributed by atoms with Crippen LogP contribution in [0, 0.1) is 23.3 Å². The van der Waals surface area contributed by atoms with Crippen LogP contribution in [-0.2, 0) is 0 Å². The Kier molecular flexibility index (Phi) is 5.85. The van der Waals surface area contributed by atoms with Crippen LogP contribution in [0.15, 0.2) is 60.9 Å². The number of rotatable bonds is 4. The van der Waals surface area contributed by atoms with Crippen LogP contribution in [0.2, 0.25) is 0 Å². The van der Waals surface area contributed by atoms with Gasteiger partial charge < -0.3 is 10.6 Å². The van der Waals surface area contributed by atoms with Crippen LogP contribution >= 0.6 is 0 Å². The SMILES string of the molecule is O=C(NC(=O)c1c(F)cccc1F)Nc1ccc2c(Nc3ccc(F)cc3F)ncnc2c1. The monoisotopic (exact) mass is 455 g/mol. The predicted octanol–water partition coefficient (Wildman–Crippen LogP) is 4.89. The van der Waals surface area contributed by atoms with Gasteiger partial charge in [-0.05, 0) is 42.5 Å². The zero-order chi connectivity index (χ0) is 23.5. The second-order valence-corrected chi connectivity index (χ2v) is 6.71. The van der Waals surface area contributed by atoms with Crippen molar-refractivity contribution in [2.24, 2.45) is 0 Å². The van der Waals surface area contributed by atoms with Crippen LogP contribution in [0.1, 0.15) is 10.4 Å². The lowest BCUT2D eigenvalue weighted by atomic mass is 10.2. The van der Waals surface area contributed by atoms with Gasteiger partial charge in [-0.3, -0.25) is 10.1 Å². The van der Waals surface area contributed by atoms with E-state index in [1.165, 1.54) is 30.6 Å². The van der Waals surface area contributed by atoms with E-state index in [1.807, 2.05) is 5.32 Å². The van der Waals surface area contributed by atoms with Gasteiger partial charge in [0.1, 0.15) is 41.0 Å². The number of aromatic nitrogens is 2. The van der Waals surface area contributed by atoms with E-state index in [-0.39, 0.29) is 17.2 Å². The molecule has 0 aliphatic heterocycles. The van der Waals surface area contributed by atoms with Crippen LogP contribution in [0.4, 0.5) is 39.5 Å². The minimum Gasteiger partial charge on any atom is -0.337 e. The highest BCUT2D eigenvalue weighted by molar-refractivity contribution is 6.08. The standard InChI is InChI=1S/C22H13F4N5O2/c23-11-4-7-17(16(26)8-11)30-20-13-6-5-12(9-18(13)27-10-28-20)29-22(33)31-21(32)19-14(24)2-1-3-15(19)25/h1-10H,(H,27,28,30)(H2,29,31,32,33). The third-order valence-corrected chi connectivity index (χ3v) is 4.50. The molecule has 33 heavy (non-hydrogen) atoms. The van der Waals surface area contributed by atoms with Crippen LogP contribution in [0.3, 0.4) is 0 Å². The van der Waals surface area contributed by atoms with E-state index < -0.39 is 40.8 Å². The maximum atomic E-state index is 13.9. The van der Waals surface area contributed by atoms with Crippen molar-refractivity contribution in [3.05, 3.63) is 89.8 Å². The summed E-state index contributed by atoms with van der Waals surface area (Å²) in [6, 6.07) is 9.29. The first-order valence-corrected chi connectivity index (χ1v) is 9.35. The molecule has 4 aromatic rings.